The van der Waals surface area contributed by atoms with E-state index in [9.17, 15) is 0 Å². The van der Waals surface area contributed by atoms with Crippen molar-refractivity contribution in [1.29, 1.82) is 0 Å². The molecule has 1 unspecified atom stereocenters. The summed E-state index contributed by atoms with van der Waals surface area (Å²) in [6, 6.07) is 0. The lowest BCUT2D eigenvalue weighted by molar-refractivity contribution is 0.153. The summed E-state index contributed by atoms with van der Waals surface area (Å²) < 4.78 is 5.35. The van der Waals surface area contributed by atoms with Crippen LogP contribution in [-0.4, -0.2) is 14.7 Å². The van der Waals surface area contributed by atoms with Gasteiger partial charge in [0.1, 0.15) is 6.61 Å². The minimum absolute atomic E-state index is 0.450. The maximum absolute atomic E-state index is 5.35. The van der Waals surface area contributed by atoms with Gasteiger partial charge < -0.3 is 4.74 Å². The van der Waals surface area contributed by atoms with Gasteiger partial charge in [-0.05, 0) is 23.4 Å². The van der Waals surface area contributed by atoms with Crippen molar-refractivity contribution in [3.63, 3.8) is 0 Å². The largest absolute Gasteiger partial charge is 0.369 e. The summed E-state index contributed by atoms with van der Waals surface area (Å²) in [5.41, 5.74) is 0.626. The Morgan fingerprint density at radius 3 is 2.31 bits per heavy atom. The van der Waals surface area contributed by atoms with E-state index in [1.807, 2.05) is 0 Å². The highest BCUT2D eigenvalue weighted by Crippen LogP contribution is 2.47. The average molecular weight is 198 g/mol. The number of ether oxygens (including phenoxy) is 1. The van der Waals surface area contributed by atoms with Gasteiger partial charge in [0.25, 0.3) is 0 Å². The first-order valence-electron chi connectivity index (χ1n) is 5.23. The molecule has 13 heavy (non-hydrogen) atoms. The van der Waals surface area contributed by atoms with Gasteiger partial charge in [-0.1, -0.05) is 33.9 Å². The van der Waals surface area contributed by atoms with Crippen molar-refractivity contribution in [2.75, 3.05) is 6.61 Å². The van der Waals surface area contributed by atoms with Crippen LogP contribution in [0.4, 0.5) is 0 Å². The molecular weight excluding hydrogens is 176 g/mol. The molecule has 1 rings (SSSR count). The van der Waals surface area contributed by atoms with Crippen LogP contribution in [0.1, 0.15) is 33.6 Å². The van der Waals surface area contributed by atoms with E-state index < -0.39 is 8.07 Å². The second kappa shape index (κ2) is 3.74. The second-order valence-electron chi connectivity index (χ2n) is 5.63. The molecule has 0 bridgehead atoms. The molecular formula is C11H22OSi. The Labute approximate surface area is 83.9 Å². The fourth-order valence-corrected chi connectivity index (χ4v) is 3.96. The van der Waals surface area contributed by atoms with E-state index in [-0.39, 0.29) is 0 Å². The Morgan fingerprint density at radius 1 is 1.31 bits per heavy atom. The zero-order valence-electron chi connectivity index (χ0n) is 9.61. The van der Waals surface area contributed by atoms with E-state index in [2.05, 4.69) is 40.5 Å². The molecule has 1 nitrogen and oxygen atoms in total. The van der Waals surface area contributed by atoms with Crippen LogP contribution in [0, 0.1) is 6.61 Å². The molecule has 0 aromatic heterocycles. The molecule has 0 saturated carbocycles. The van der Waals surface area contributed by atoms with Crippen molar-refractivity contribution < 1.29 is 4.74 Å². The van der Waals surface area contributed by atoms with Crippen LogP contribution >= 0.6 is 0 Å². The van der Waals surface area contributed by atoms with Crippen molar-refractivity contribution in [3.8, 4) is 0 Å². The third-order valence-corrected chi connectivity index (χ3v) is 9.78. The van der Waals surface area contributed by atoms with Crippen molar-refractivity contribution in [3.05, 3.63) is 6.61 Å². The lowest BCUT2D eigenvalue weighted by atomic mass is 10.2. The van der Waals surface area contributed by atoms with E-state index in [4.69, 9.17) is 4.74 Å². The summed E-state index contributed by atoms with van der Waals surface area (Å²) >= 11 is 0. The number of hydrogen-bond acceptors (Lipinski definition) is 1. The van der Waals surface area contributed by atoms with Crippen LogP contribution in [0.25, 0.3) is 0 Å². The third kappa shape index (κ3) is 2.35. The Morgan fingerprint density at radius 2 is 1.92 bits per heavy atom. The molecule has 1 aliphatic rings. The van der Waals surface area contributed by atoms with Crippen LogP contribution in [0.15, 0.2) is 0 Å². The Hall–Kier alpha value is 0.177. The molecule has 2 radical (unpaired) electrons. The van der Waals surface area contributed by atoms with Crippen molar-refractivity contribution >= 4 is 8.07 Å². The molecule has 1 atom stereocenters. The highest BCUT2D eigenvalue weighted by Gasteiger charge is 2.43. The molecule has 1 heterocycles. The first kappa shape index (κ1) is 11.3. The summed E-state index contributed by atoms with van der Waals surface area (Å²) in [6.07, 6.45) is 2.50. The monoisotopic (exact) mass is 198 g/mol. The van der Waals surface area contributed by atoms with Crippen molar-refractivity contribution in [1.82, 2.24) is 0 Å². The van der Waals surface area contributed by atoms with Gasteiger partial charge >= 0.3 is 0 Å². The van der Waals surface area contributed by atoms with E-state index >= 15 is 0 Å². The molecule has 1 saturated heterocycles. The zero-order valence-corrected chi connectivity index (χ0v) is 10.6. The van der Waals surface area contributed by atoms with Gasteiger partial charge in [-0.2, -0.15) is 0 Å². The fraction of sp³-hybridized carbons (Fsp3) is 0.909. The molecule has 0 amide bonds. The van der Waals surface area contributed by atoms with Crippen LogP contribution in [0.5, 0.6) is 0 Å². The lowest BCUT2D eigenvalue weighted by Gasteiger charge is -2.44. The normalized spacial score (nSPS) is 26.1. The van der Waals surface area contributed by atoms with Crippen molar-refractivity contribution in [2.45, 2.75) is 57.3 Å². The number of hydrogen-bond donors (Lipinski definition) is 0. The van der Waals surface area contributed by atoms with Gasteiger partial charge in [0, 0.05) is 6.61 Å². The molecule has 0 N–H and O–H groups in total. The molecule has 1 aliphatic heterocycles. The smallest absolute Gasteiger partial charge is 0.132 e. The highest BCUT2D eigenvalue weighted by molar-refractivity contribution is 6.81. The van der Waals surface area contributed by atoms with E-state index in [0.29, 0.717) is 10.6 Å². The minimum Gasteiger partial charge on any atom is -0.369 e. The first-order valence-corrected chi connectivity index (χ1v) is 8.31. The standard InChI is InChI=1S/C11H22OSi/c1-11(2,3)13(4,5)10-7-6-8-12-9-10/h10H,6-8H2,1-5H3. The molecule has 0 aliphatic carbocycles. The van der Waals surface area contributed by atoms with Gasteiger partial charge in [0.05, 0.1) is 8.07 Å². The summed E-state index contributed by atoms with van der Waals surface area (Å²) in [4.78, 5) is 0. The minimum atomic E-state index is -1.24. The van der Waals surface area contributed by atoms with Crippen molar-refractivity contribution in [2.24, 2.45) is 0 Å². The Balaban J connectivity index is 2.67. The van der Waals surface area contributed by atoms with Gasteiger partial charge in [-0.3, -0.25) is 0 Å². The molecule has 1 fully saturated rings. The summed E-state index contributed by atoms with van der Waals surface area (Å²) in [7, 11) is -1.24. The second-order valence-corrected chi connectivity index (χ2v) is 11.3. The predicted octanol–water partition coefficient (Wildman–Crippen LogP) is 3.71. The summed E-state index contributed by atoms with van der Waals surface area (Å²) in [5.74, 6) is 0. The predicted molar refractivity (Wildman–Crippen MR) is 59.4 cm³/mol. The molecule has 0 aromatic rings. The highest BCUT2D eigenvalue weighted by atomic mass is 28.3. The van der Waals surface area contributed by atoms with Gasteiger partial charge in [0.2, 0.25) is 0 Å². The van der Waals surface area contributed by atoms with E-state index in [1.165, 1.54) is 12.8 Å². The quantitative estimate of drug-likeness (QED) is 0.584. The van der Waals surface area contributed by atoms with Crippen LogP contribution in [-0.2, 0) is 4.74 Å². The van der Waals surface area contributed by atoms with Crippen LogP contribution < -0.4 is 0 Å². The summed E-state index contributed by atoms with van der Waals surface area (Å²) in [5, 5.41) is 0.450. The number of rotatable bonds is 1. The van der Waals surface area contributed by atoms with E-state index in [1.54, 1.807) is 0 Å². The van der Waals surface area contributed by atoms with Gasteiger partial charge in [-0.25, -0.2) is 0 Å². The third-order valence-electron chi connectivity index (χ3n) is 3.77. The molecule has 2 heteroatoms. The van der Waals surface area contributed by atoms with Crippen LogP contribution in [0.2, 0.25) is 23.7 Å². The fourth-order valence-electron chi connectivity index (χ4n) is 1.61. The average Bonchev–Trinajstić information content (AvgIpc) is 2.04. The maximum Gasteiger partial charge on any atom is 0.132 e. The SMILES string of the molecule is CC(C)(C)[Si](C)(C)C1[C]OCCC1. The van der Waals surface area contributed by atoms with E-state index in [0.717, 1.165) is 6.61 Å². The Bertz CT molecular complexity index is 163. The van der Waals surface area contributed by atoms with Gasteiger partial charge in [-0.15, -0.1) is 0 Å². The first-order chi connectivity index (χ1) is 5.86. The molecule has 0 spiro atoms. The topological polar surface area (TPSA) is 9.23 Å². The zero-order chi connectivity index (χ0) is 10.1. The molecule has 0 aromatic carbocycles. The summed E-state index contributed by atoms with van der Waals surface area (Å²) in [6.45, 7) is 16.1. The lowest BCUT2D eigenvalue weighted by Crippen LogP contribution is -2.43. The maximum atomic E-state index is 5.35. The van der Waals surface area contributed by atoms with Gasteiger partial charge in [0.15, 0.2) is 0 Å². The molecule has 76 valence electrons. The van der Waals surface area contributed by atoms with Crippen LogP contribution in [0.3, 0.4) is 0 Å². The Kier molecular flexibility index (Phi) is 3.23.